The number of ketones is 1. The Kier molecular flexibility index (Phi) is 10.3. The Hall–Kier alpha value is -4.08. The van der Waals surface area contributed by atoms with Gasteiger partial charge in [0.1, 0.15) is 5.82 Å². The molecule has 0 radical (unpaired) electrons. The molecule has 2 amide bonds. The molecule has 0 aliphatic carbocycles. The number of rotatable bonds is 11. The zero-order valence-corrected chi connectivity index (χ0v) is 25.5. The molecular formula is C33H41FN4O5. The van der Waals surface area contributed by atoms with E-state index in [0.29, 0.717) is 24.8 Å². The molecule has 1 atom stereocenters. The van der Waals surface area contributed by atoms with Crippen molar-refractivity contribution in [1.29, 1.82) is 0 Å². The third-order valence-electron chi connectivity index (χ3n) is 7.60. The number of pyridine rings is 1. The Morgan fingerprint density at radius 2 is 1.91 bits per heavy atom. The summed E-state index contributed by atoms with van der Waals surface area (Å²) in [5.74, 6) is -0.694. The second-order valence-corrected chi connectivity index (χ2v) is 12.5. The van der Waals surface area contributed by atoms with Gasteiger partial charge >= 0.3 is 6.09 Å². The number of fused-ring (bicyclic) bond motifs is 1. The van der Waals surface area contributed by atoms with Crippen molar-refractivity contribution in [1.82, 2.24) is 14.8 Å². The third kappa shape index (κ3) is 8.72. The van der Waals surface area contributed by atoms with Gasteiger partial charge in [0, 0.05) is 43.4 Å². The number of halogens is 1. The summed E-state index contributed by atoms with van der Waals surface area (Å²) in [4.78, 5) is 57.4. The van der Waals surface area contributed by atoms with Crippen molar-refractivity contribution in [3.8, 4) is 0 Å². The van der Waals surface area contributed by atoms with Gasteiger partial charge in [-0.25, -0.2) is 9.18 Å². The highest BCUT2D eigenvalue weighted by Crippen LogP contribution is 2.35. The number of likely N-dealkylation sites (tertiary alicyclic amines) is 1. The molecule has 1 aromatic heterocycles. The molecule has 1 saturated heterocycles. The molecule has 1 aromatic carbocycles. The van der Waals surface area contributed by atoms with E-state index >= 15 is 0 Å². The molecule has 0 saturated carbocycles. The van der Waals surface area contributed by atoms with Crippen LogP contribution >= 0.6 is 0 Å². The molecule has 2 aromatic rings. The van der Waals surface area contributed by atoms with Crippen molar-refractivity contribution in [2.45, 2.75) is 78.3 Å². The van der Waals surface area contributed by atoms with Crippen molar-refractivity contribution >= 4 is 29.2 Å². The van der Waals surface area contributed by atoms with Crippen LogP contribution in [-0.4, -0.2) is 59.2 Å². The first-order chi connectivity index (χ1) is 20.4. The number of aromatic nitrogens is 1. The predicted octanol–water partition coefficient (Wildman–Crippen LogP) is 4.70. The van der Waals surface area contributed by atoms with Crippen LogP contribution in [0.4, 0.5) is 14.9 Å². The molecule has 9 nitrogen and oxygen atoms in total. The van der Waals surface area contributed by atoms with Crippen LogP contribution in [0.15, 0.2) is 52.4 Å². The lowest BCUT2D eigenvalue weighted by Crippen LogP contribution is -2.42. The number of hydrogen-bond acceptors (Lipinski definition) is 6. The van der Waals surface area contributed by atoms with Gasteiger partial charge in [0.15, 0.2) is 5.78 Å². The van der Waals surface area contributed by atoms with E-state index < -0.39 is 12.1 Å². The second-order valence-electron chi connectivity index (χ2n) is 12.5. The van der Waals surface area contributed by atoms with E-state index in [1.54, 1.807) is 29.3 Å². The summed E-state index contributed by atoms with van der Waals surface area (Å²) in [5.41, 5.74) is 3.09. The number of benzene rings is 1. The van der Waals surface area contributed by atoms with Crippen LogP contribution in [0.3, 0.4) is 0 Å². The van der Waals surface area contributed by atoms with Crippen molar-refractivity contribution in [2.24, 2.45) is 10.4 Å². The molecule has 1 fully saturated rings. The van der Waals surface area contributed by atoms with Crippen LogP contribution in [0.2, 0.25) is 0 Å². The fourth-order valence-electron chi connectivity index (χ4n) is 5.57. The maximum atomic E-state index is 14.4. The summed E-state index contributed by atoms with van der Waals surface area (Å²) in [5, 5.41) is 2.56. The molecule has 2 aliphatic heterocycles. The Labute approximate surface area is 251 Å². The monoisotopic (exact) mass is 592 g/mol. The van der Waals surface area contributed by atoms with Crippen LogP contribution in [0.25, 0.3) is 0 Å². The van der Waals surface area contributed by atoms with E-state index in [-0.39, 0.29) is 47.9 Å². The fourth-order valence-corrected chi connectivity index (χ4v) is 5.57. The van der Waals surface area contributed by atoms with Crippen LogP contribution in [0.1, 0.15) is 63.1 Å². The summed E-state index contributed by atoms with van der Waals surface area (Å²) in [6.45, 7) is 7.99. The smallest absolute Gasteiger partial charge is 0.407 e. The number of Topliss-reactive ketones (excluding diaryl/α,β-unsaturated/α-hetero) is 1. The lowest BCUT2D eigenvalue weighted by molar-refractivity contribution is -0.125. The van der Waals surface area contributed by atoms with Gasteiger partial charge in [0.2, 0.25) is 5.91 Å². The van der Waals surface area contributed by atoms with E-state index in [9.17, 15) is 23.6 Å². The number of hydrogen-bond donors (Lipinski definition) is 1. The summed E-state index contributed by atoms with van der Waals surface area (Å²) in [6.07, 6.45) is 7.68. The zero-order valence-electron chi connectivity index (χ0n) is 25.5. The minimum Gasteiger partial charge on any atom is -0.453 e. The molecule has 230 valence electrons. The molecule has 0 unspecified atom stereocenters. The zero-order chi connectivity index (χ0) is 31.1. The van der Waals surface area contributed by atoms with Gasteiger partial charge in [-0.15, -0.1) is 0 Å². The van der Waals surface area contributed by atoms with Crippen LogP contribution in [-0.2, 0) is 40.1 Å². The summed E-state index contributed by atoms with van der Waals surface area (Å²) in [7, 11) is 1.21. The van der Waals surface area contributed by atoms with Crippen LogP contribution in [0, 0.1) is 11.2 Å². The van der Waals surface area contributed by atoms with Gasteiger partial charge in [-0.05, 0) is 72.9 Å². The van der Waals surface area contributed by atoms with Gasteiger partial charge in [-0.3, -0.25) is 19.4 Å². The van der Waals surface area contributed by atoms with Gasteiger partial charge in [-0.1, -0.05) is 32.9 Å². The topological polar surface area (TPSA) is 110 Å². The molecular weight excluding hydrogens is 551 g/mol. The summed E-state index contributed by atoms with van der Waals surface area (Å²) >= 11 is 0. The Balaban J connectivity index is 1.44. The van der Waals surface area contributed by atoms with E-state index in [2.05, 4.69) is 26.1 Å². The second kappa shape index (κ2) is 13.9. The van der Waals surface area contributed by atoms with Gasteiger partial charge in [-0.2, -0.15) is 0 Å². The first-order valence-electron chi connectivity index (χ1n) is 14.8. The molecule has 4 rings (SSSR count). The number of ether oxygens (including phenoxy) is 1. The molecule has 1 N–H and O–H groups in total. The van der Waals surface area contributed by atoms with Gasteiger partial charge in [0.05, 0.1) is 25.4 Å². The number of carbonyl (C=O) groups excluding carboxylic acids is 3. The summed E-state index contributed by atoms with van der Waals surface area (Å²) in [6, 6.07) is 5.45. The van der Waals surface area contributed by atoms with E-state index in [1.165, 1.54) is 29.9 Å². The molecule has 2 aliphatic rings. The first kappa shape index (κ1) is 31.8. The van der Waals surface area contributed by atoms with Crippen molar-refractivity contribution < 1.29 is 23.5 Å². The molecule has 0 bridgehead atoms. The number of nitrogens with one attached hydrogen (secondary N) is 1. The van der Waals surface area contributed by atoms with Gasteiger partial charge in [0.25, 0.3) is 5.56 Å². The highest BCUT2D eigenvalue weighted by Gasteiger charge is 2.25. The third-order valence-corrected chi connectivity index (χ3v) is 7.60. The van der Waals surface area contributed by atoms with E-state index in [0.717, 1.165) is 48.5 Å². The maximum absolute atomic E-state index is 14.4. The maximum Gasteiger partial charge on any atom is 0.407 e. The molecule has 10 heteroatoms. The Bertz CT molecular complexity index is 1480. The molecule has 0 spiro atoms. The number of aliphatic imine (C=N–C) groups is 1. The minimum absolute atomic E-state index is 0.0421. The lowest BCUT2D eigenvalue weighted by atomic mass is 9.86. The SMILES string of the molecule is COC(=O)N[C@@H](CC/C=C/C(=O)N1CCCC1)C(=O)Cc1cccn(CC2=Nc3c(cc(F)cc3CC(C)(C)C)C2)c1=O. The minimum atomic E-state index is -0.892. The van der Waals surface area contributed by atoms with Crippen molar-refractivity contribution in [2.75, 3.05) is 20.2 Å². The van der Waals surface area contributed by atoms with Gasteiger partial charge < -0.3 is 19.5 Å². The van der Waals surface area contributed by atoms with Crippen molar-refractivity contribution in [3.63, 3.8) is 0 Å². The molecule has 3 heterocycles. The number of allylic oxidation sites excluding steroid dienone is 1. The van der Waals surface area contributed by atoms with E-state index in [1.807, 2.05) is 0 Å². The highest BCUT2D eigenvalue weighted by molar-refractivity contribution is 5.94. The quantitative estimate of drug-likeness (QED) is 0.381. The van der Waals surface area contributed by atoms with E-state index in [4.69, 9.17) is 9.73 Å². The standard InChI is InChI=1S/C33H41FN4O5/c1-33(2,3)20-24-17-25(34)16-23-18-26(35-30(23)24)21-38-15-9-10-22(31(38)41)19-28(39)27(36-32(42)43-4)11-5-6-12-29(40)37-13-7-8-14-37/h6,9-10,12,15-17,27H,5,7-8,11,13-14,18-21H2,1-4H3,(H,36,42)/b12-6+/t27-/m0/s1. The predicted molar refractivity (Wildman–Crippen MR) is 163 cm³/mol. The first-order valence-corrected chi connectivity index (χ1v) is 14.8. The Morgan fingerprint density at radius 3 is 2.60 bits per heavy atom. The number of amides is 2. The lowest BCUT2D eigenvalue weighted by Gasteiger charge is -2.19. The van der Waals surface area contributed by atoms with Crippen LogP contribution < -0.4 is 10.9 Å². The number of nitrogens with zero attached hydrogens (tertiary/aromatic N) is 3. The summed E-state index contributed by atoms with van der Waals surface area (Å²) < 4.78 is 20.6. The normalized spacial score (nSPS) is 15.4. The molecule has 43 heavy (non-hydrogen) atoms. The number of carbonyl (C=O) groups is 3. The number of methoxy groups -OCH3 is 1. The highest BCUT2D eigenvalue weighted by atomic mass is 19.1. The van der Waals surface area contributed by atoms with Crippen molar-refractivity contribution in [3.05, 3.63) is 75.5 Å². The number of alkyl carbamates (subject to hydrolysis) is 1. The average molecular weight is 593 g/mol. The van der Waals surface area contributed by atoms with Crippen LogP contribution in [0.5, 0.6) is 0 Å². The average Bonchev–Trinajstić information content (AvgIpc) is 3.62. The fraction of sp³-hybridized carbons (Fsp3) is 0.485. The largest absolute Gasteiger partial charge is 0.453 e. The Morgan fingerprint density at radius 1 is 1.16 bits per heavy atom.